The van der Waals surface area contributed by atoms with Gasteiger partial charge < -0.3 is 20.5 Å². The van der Waals surface area contributed by atoms with Gasteiger partial charge in [-0.25, -0.2) is 0 Å². The molecule has 130 valence electrons. The fourth-order valence-corrected chi connectivity index (χ4v) is 2.11. The van der Waals surface area contributed by atoms with Gasteiger partial charge in [0.25, 0.3) is 0 Å². The first-order chi connectivity index (χ1) is 10.4. The monoisotopic (exact) mass is 445 g/mol. The molecule has 0 aromatic heterocycles. The standard InChI is InChI=1S/C14H18F3N3O2.HI/c15-14(16,17)22-12-5-3-11(4-6-12)20-13(18)19-8-10-2-1-7-21-9-10;/h3-6,10H,1-2,7-9H2,(H3,18,19,20);1H. The van der Waals surface area contributed by atoms with E-state index in [1.165, 1.54) is 24.3 Å². The maximum Gasteiger partial charge on any atom is 0.573 e. The molecule has 0 amide bonds. The third-order valence-corrected chi connectivity index (χ3v) is 3.13. The smallest absolute Gasteiger partial charge is 0.406 e. The van der Waals surface area contributed by atoms with E-state index in [1.807, 2.05) is 0 Å². The minimum Gasteiger partial charge on any atom is -0.406 e. The summed E-state index contributed by atoms with van der Waals surface area (Å²) in [5.41, 5.74) is 6.29. The van der Waals surface area contributed by atoms with Crippen LogP contribution in [0.25, 0.3) is 0 Å². The Morgan fingerprint density at radius 3 is 2.61 bits per heavy atom. The molecule has 0 spiro atoms. The largest absolute Gasteiger partial charge is 0.573 e. The van der Waals surface area contributed by atoms with Gasteiger partial charge in [0.15, 0.2) is 5.96 Å². The summed E-state index contributed by atoms with van der Waals surface area (Å²) in [7, 11) is 0. The van der Waals surface area contributed by atoms with Crippen LogP contribution in [0.4, 0.5) is 18.9 Å². The number of halogens is 4. The van der Waals surface area contributed by atoms with Gasteiger partial charge in [-0.15, -0.1) is 37.1 Å². The van der Waals surface area contributed by atoms with Crippen molar-refractivity contribution in [3.05, 3.63) is 24.3 Å². The van der Waals surface area contributed by atoms with Crippen LogP contribution in [0.3, 0.4) is 0 Å². The Labute approximate surface area is 149 Å². The van der Waals surface area contributed by atoms with E-state index in [0.29, 0.717) is 24.8 Å². The molecule has 1 aromatic rings. The maximum absolute atomic E-state index is 12.0. The summed E-state index contributed by atoms with van der Waals surface area (Å²) in [6.07, 6.45) is -2.62. The van der Waals surface area contributed by atoms with E-state index >= 15 is 0 Å². The molecule has 1 unspecified atom stereocenters. The molecular formula is C14H19F3IN3O2. The van der Waals surface area contributed by atoms with Crippen LogP contribution >= 0.6 is 24.0 Å². The second kappa shape index (κ2) is 9.16. The molecule has 0 bridgehead atoms. The van der Waals surface area contributed by atoms with Crippen molar-refractivity contribution in [2.45, 2.75) is 19.2 Å². The molecule has 23 heavy (non-hydrogen) atoms. The predicted octanol–water partition coefficient (Wildman–Crippen LogP) is 3.36. The lowest BCUT2D eigenvalue weighted by Gasteiger charge is -2.20. The first-order valence-corrected chi connectivity index (χ1v) is 6.93. The van der Waals surface area contributed by atoms with Gasteiger partial charge in [-0.05, 0) is 37.1 Å². The molecule has 1 atom stereocenters. The molecule has 2 rings (SSSR count). The Morgan fingerprint density at radius 2 is 2.04 bits per heavy atom. The minimum absolute atomic E-state index is 0. The molecule has 1 aromatic carbocycles. The number of hydrogen-bond donors (Lipinski definition) is 2. The molecule has 1 fully saturated rings. The Hall–Kier alpha value is -1.23. The van der Waals surface area contributed by atoms with Crippen molar-refractivity contribution in [3.63, 3.8) is 0 Å². The van der Waals surface area contributed by atoms with Crippen LogP contribution in [0.5, 0.6) is 5.75 Å². The van der Waals surface area contributed by atoms with E-state index in [9.17, 15) is 13.2 Å². The molecule has 3 N–H and O–H groups in total. The van der Waals surface area contributed by atoms with Crippen molar-refractivity contribution in [2.24, 2.45) is 16.6 Å². The van der Waals surface area contributed by atoms with Gasteiger partial charge in [0.2, 0.25) is 0 Å². The molecule has 0 aliphatic carbocycles. The van der Waals surface area contributed by atoms with E-state index in [2.05, 4.69) is 15.0 Å². The highest BCUT2D eigenvalue weighted by Gasteiger charge is 2.30. The molecule has 1 aliphatic heterocycles. The van der Waals surface area contributed by atoms with Crippen molar-refractivity contribution < 1.29 is 22.6 Å². The van der Waals surface area contributed by atoms with Crippen LogP contribution in [-0.2, 0) is 4.74 Å². The number of ether oxygens (including phenoxy) is 2. The number of nitrogens with two attached hydrogens (primary N) is 1. The van der Waals surface area contributed by atoms with Crippen molar-refractivity contribution in [3.8, 4) is 5.75 Å². The Bertz CT molecular complexity index is 503. The number of nitrogens with one attached hydrogen (secondary N) is 1. The molecular weight excluding hydrogens is 426 g/mol. The average Bonchev–Trinajstić information content (AvgIpc) is 2.47. The Balaban J connectivity index is 0.00000264. The molecule has 0 saturated carbocycles. The molecule has 1 heterocycles. The van der Waals surface area contributed by atoms with Crippen LogP contribution < -0.4 is 15.8 Å². The summed E-state index contributed by atoms with van der Waals surface area (Å²) < 4.78 is 45.3. The van der Waals surface area contributed by atoms with E-state index in [0.717, 1.165) is 19.4 Å². The summed E-state index contributed by atoms with van der Waals surface area (Å²) in [4.78, 5) is 4.22. The second-order valence-corrected chi connectivity index (χ2v) is 5.01. The van der Waals surface area contributed by atoms with E-state index in [4.69, 9.17) is 10.5 Å². The van der Waals surface area contributed by atoms with Gasteiger partial charge in [-0.1, -0.05) is 0 Å². The average molecular weight is 445 g/mol. The highest BCUT2D eigenvalue weighted by molar-refractivity contribution is 14.0. The highest BCUT2D eigenvalue weighted by atomic mass is 127. The number of guanidine groups is 1. The number of anilines is 1. The van der Waals surface area contributed by atoms with Crippen LogP contribution in [0, 0.1) is 5.92 Å². The fraction of sp³-hybridized carbons (Fsp3) is 0.500. The Morgan fingerprint density at radius 1 is 1.35 bits per heavy atom. The summed E-state index contributed by atoms with van der Waals surface area (Å²) in [6, 6.07) is 5.29. The number of alkyl halides is 3. The third-order valence-electron chi connectivity index (χ3n) is 3.13. The summed E-state index contributed by atoms with van der Waals surface area (Å²) in [5, 5.41) is 2.82. The first kappa shape index (κ1) is 19.8. The van der Waals surface area contributed by atoms with E-state index in [1.54, 1.807) is 0 Å². The van der Waals surface area contributed by atoms with Crippen LogP contribution in [0.2, 0.25) is 0 Å². The maximum atomic E-state index is 12.0. The summed E-state index contributed by atoms with van der Waals surface area (Å²) in [5.74, 6) is 0.291. The molecule has 9 heteroatoms. The van der Waals surface area contributed by atoms with E-state index < -0.39 is 6.36 Å². The highest BCUT2D eigenvalue weighted by Crippen LogP contribution is 2.23. The number of rotatable bonds is 4. The van der Waals surface area contributed by atoms with Gasteiger partial charge in [0.1, 0.15) is 5.75 Å². The number of aliphatic imine (C=N–C) groups is 1. The van der Waals surface area contributed by atoms with Crippen LogP contribution in [0.1, 0.15) is 12.8 Å². The molecule has 1 saturated heterocycles. The van der Waals surface area contributed by atoms with Crippen LogP contribution in [-0.4, -0.2) is 32.1 Å². The zero-order chi connectivity index (χ0) is 16.0. The van der Waals surface area contributed by atoms with Gasteiger partial charge in [0.05, 0.1) is 6.61 Å². The number of hydrogen-bond acceptors (Lipinski definition) is 3. The predicted molar refractivity (Wildman–Crippen MR) is 92.2 cm³/mol. The lowest BCUT2D eigenvalue weighted by atomic mass is 10.0. The molecule has 0 radical (unpaired) electrons. The van der Waals surface area contributed by atoms with Crippen LogP contribution in [0.15, 0.2) is 29.3 Å². The third kappa shape index (κ3) is 7.73. The quantitative estimate of drug-likeness (QED) is 0.424. The minimum atomic E-state index is -4.70. The van der Waals surface area contributed by atoms with Crippen molar-refractivity contribution in [1.82, 2.24) is 0 Å². The number of benzene rings is 1. The van der Waals surface area contributed by atoms with Gasteiger partial charge in [0, 0.05) is 24.8 Å². The topological polar surface area (TPSA) is 68.9 Å². The van der Waals surface area contributed by atoms with Gasteiger partial charge in [-0.2, -0.15) is 0 Å². The first-order valence-electron chi connectivity index (χ1n) is 6.93. The van der Waals surface area contributed by atoms with Crippen molar-refractivity contribution in [1.29, 1.82) is 0 Å². The SMILES string of the molecule is I.NC(=NCC1CCCOC1)Nc1ccc(OC(F)(F)F)cc1. The normalized spacial score (nSPS) is 18.9. The molecule has 1 aliphatic rings. The number of nitrogens with zero attached hydrogens (tertiary/aromatic N) is 1. The zero-order valence-electron chi connectivity index (χ0n) is 12.3. The zero-order valence-corrected chi connectivity index (χ0v) is 14.6. The van der Waals surface area contributed by atoms with E-state index in [-0.39, 0.29) is 35.7 Å². The lowest BCUT2D eigenvalue weighted by Crippen LogP contribution is -2.26. The fourth-order valence-electron chi connectivity index (χ4n) is 2.11. The Kier molecular flexibility index (Phi) is 7.89. The lowest BCUT2D eigenvalue weighted by molar-refractivity contribution is -0.274. The van der Waals surface area contributed by atoms with Crippen molar-refractivity contribution >= 4 is 35.6 Å². The second-order valence-electron chi connectivity index (χ2n) is 5.01. The van der Waals surface area contributed by atoms with Crippen molar-refractivity contribution in [2.75, 3.05) is 25.1 Å². The summed E-state index contributed by atoms with van der Waals surface area (Å²) >= 11 is 0. The summed E-state index contributed by atoms with van der Waals surface area (Å²) in [6.45, 7) is 2.04. The molecule has 5 nitrogen and oxygen atoms in total. The van der Waals surface area contributed by atoms with Gasteiger partial charge >= 0.3 is 6.36 Å². The van der Waals surface area contributed by atoms with Gasteiger partial charge in [-0.3, -0.25) is 4.99 Å².